The van der Waals surface area contributed by atoms with Gasteiger partial charge in [0.2, 0.25) is 0 Å². The minimum absolute atomic E-state index is 1.04. The first-order valence-corrected chi connectivity index (χ1v) is 6.16. The van der Waals surface area contributed by atoms with Crippen LogP contribution in [0.1, 0.15) is 21.8 Å². The molecule has 0 radical (unpaired) electrons. The summed E-state index contributed by atoms with van der Waals surface area (Å²) in [5, 5.41) is 5.45. The van der Waals surface area contributed by atoms with Gasteiger partial charge in [-0.2, -0.15) is 0 Å². The Kier molecular flexibility index (Phi) is 1.98. The lowest BCUT2D eigenvalue weighted by molar-refractivity contribution is 1.13. The van der Waals surface area contributed by atoms with E-state index in [-0.39, 0.29) is 0 Å². The van der Waals surface area contributed by atoms with Crippen molar-refractivity contribution < 1.29 is 0 Å². The molecular formula is C13H12N2S. The highest BCUT2D eigenvalue weighted by Crippen LogP contribution is 2.19. The van der Waals surface area contributed by atoms with Crippen LogP contribution < -0.4 is 10.6 Å². The van der Waals surface area contributed by atoms with Crippen molar-refractivity contribution in [2.45, 2.75) is 20.8 Å². The van der Waals surface area contributed by atoms with E-state index >= 15 is 0 Å². The summed E-state index contributed by atoms with van der Waals surface area (Å²) in [5.74, 6) is 0. The molecule has 0 saturated carbocycles. The van der Waals surface area contributed by atoms with Crippen LogP contribution in [0.5, 0.6) is 0 Å². The van der Waals surface area contributed by atoms with Gasteiger partial charge < -0.3 is 0 Å². The lowest BCUT2D eigenvalue weighted by atomic mass is 10.0. The van der Waals surface area contributed by atoms with E-state index in [9.17, 15) is 0 Å². The summed E-state index contributed by atoms with van der Waals surface area (Å²) in [5.41, 5.74) is 4.74. The zero-order valence-corrected chi connectivity index (χ0v) is 10.4. The van der Waals surface area contributed by atoms with Gasteiger partial charge in [-0.1, -0.05) is 0 Å². The van der Waals surface area contributed by atoms with Crippen molar-refractivity contribution >= 4 is 17.0 Å². The van der Waals surface area contributed by atoms with Crippen LogP contribution in [0.25, 0.3) is 5.70 Å². The molecule has 1 aromatic carbocycles. The van der Waals surface area contributed by atoms with Crippen LogP contribution in [0, 0.1) is 20.8 Å². The molecule has 1 aliphatic heterocycles. The fourth-order valence-corrected chi connectivity index (χ4v) is 2.64. The Morgan fingerprint density at radius 2 is 1.81 bits per heavy atom. The monoisotopic (exact) mass is 228 g/mol. The number of hydrogen-bond donors (Lipinski definition) is 0. The molecule has 0 amide bonds. The molecule has 80 valence electrons. The van der Waals surface area contributed by atoms with Crippen molar-refractivity contribution in [3.63, 3.8) is 0 Å². The van der Waals surface area contributed by atoms with Gasteiger partial charge in [0, 0.05) is 16.3 Å². The number of aromatic nitrogens is 1. The number of nitrogens with zero attached hydrogens (tertiary/aromatic N) is 2. The number of rotatable bonds is 1. The van der Waals surface area contributed by atoms with E-state index in [1.54, 1.807) is 11.3 Å². The Balaban J connectivity index is 2.23. The summed E-state index contributed by atoms with van der Waals surface area (Å²) in [4.78, 5) is 9.01. The molecule has 2 aromatic rings. The van der Waals surface area contributed by atoms with Crippen LogP contribution in [0.3, 0.4) is 0 Å². The minimum Gasteiger partial charge on any atom is -0.244 e. The Labute approximate surface area is 98.0 Å². The van der Waals surface area contributed by atoms with E-state index in [0.717, 1.165) is 21.8 Å². The maximum absolute atomic E-state index is 4.54. The molecular weight excluding hydrogens is 216 g/mol. The molecule has 0 fully saturated rings. The molecule has 0 saturated heterocycles. The molecule has 0 aliphatic carbocycles. The molecule has 2 nitrogen and oxygen atoms in total. The summed E-state index contributed by atoms with van der Waals surface area (Å²) in [6, 6.07) is 4.36. The van der Waals surface area contributed by atoms with Crippen molar-refractivity contribution in [1.29, 1.82) is 0 Å². The summed E-state index contributed by atoms with van der Waals surface area (Å²) < 4.78 is 0. The Morgan fingerprint density at radius 1 is 1.06 bits per heavy atom. The molecule has 1 aromatic heterocycles. The first-order valence-electron chi connectivity index (χ1n) is 5.28. The van der Waals surface area contributed by atoms with Gasteiger partial charge in [-0.05, 0) is 44.0 Å². The first-order chi connectivity index (χ1) is 7.65. The molecule has 0 atom stereocenters. The largest absolute Gasteiger partial charge is 0.244 e. The van der Waals surface area contributed by atoms with Crippen LogP contribution in [0.2, 0.25) is 0 Å². The number of aryl methyl sites for hydroxylation is 3. The van der Waals surface area contributed by atoms with Crippen LogP contribution in [0.15, 0.2) is 22.5 Å². The van der Waals surface area contributed by atoms with Crippen molar-refractivity contribution in [1.82, 2.24) is 4.98 Å². The highest BCUT2D eigenvalue weighted by molar-refractivity contribution is 7.10. The molecule has 16 heavy (non-hydrogen) atoms. The van der Waals surface area contributed by atoms with E-state index < -0.39 is 0 Å². The zero-order chi connectivity index (χ0) is 11.3. The van der Waals surface area contributed by atoms with Gasteiger partial charge in [0.25, 0.3) is 0 Å². The van der Waals surface area contributed by atoms with Gasteiger partial charge in [-0.3, -0.25) is 0 Å². The zero-order valence-electron chi connectivity index (χ0n) is 9.53. The smallest absolute Gasteiger partial charge is 0.142 e. The third-order valence-corrected chi connectivity index (χ3v) is 3.89. The normalized spacial score (nSPS) is 13.1. The van der Waals surface area contributed by atoms with Crippen molar-refractivity contribution in [2.24, 2.45) is 4.99 Å². The quantitative estimate of drug-likeness (QED) is 0.731. The Bertz CT molecular complexity index is 695. The molecule has 0 unspecified atom stereocenters. The molecule has 0 N–H and O–H groups in total. The standard InChI is InChI=1S/C13H12N2S/c1-7-4-10-11(5-8(7)2)15-12(10)13-14-9(3)6-16-13/h4-6H,1-3H3. The van der Waals surface area contributed by atoms with Crippen molar-refractivity contribution in [3.05, 3.63) is 49.9 Å². The van der Waals surface area contributed by atoms with Gasteiger partial charge >= 0.3 is 0 Å². The van der Waals surface area contributed by atoms with Crippen LogP contribution in [-0.2, 0) is 0 Å². The maximum Gasteiger partial charge on any atom is 0.142 e. The summed E-state index contributed by atoms with van der Waals surface area (Å²) in [6.07, 6.45) is 0. The maximum atomic E-state index is 4.54. The second kappa shape index (κ2) is 3.25. The number of hydrogen-bond acceptors (Lipinski definition) is 3. The van der Waals surface area contributed by atoms with E-state index in [0.29, 0.717) is 0 Å². The lowest BCUT2D eigenvalue weighted by Crippen LogP contribution is -2.35. The third kappa shape index (κ3) is 1.32. The number of fused-ring (bicyclic) bond motifs is 1. The van der Waals surface area contributed by atoms with Crippen LogP contribution >= 0.6 is 11.3 Å². The van der Waals surface area contributed by atoms with Crippen LogP contribution in [-0.4, -0.2) is 4.98 Å². The van der Waals surface area contributed by atoms with Crippen molar-refractivity contribution in [2.75, 3.05) is 0 Å². The number of benzene rings is 1. The molecule has 0 spiro atoms. The summed E-state index contributed by atoms with van der Waals surface area (Å²) >= 11 is 1.67. The topological polar surface area (TPSA) is 25.2 Å². The molecule has 2 heterocycles. The predicted octanol–water partition coefficient (Wildman–Crippen LogP) is 1.86. The Morgan fingerprint density at radius 3 is 2.50 bits per heavy atom. The minimum atomic E-state index is 1.04. The average Bonchev–Trinajstić information content (AvgIpc) is 2.64. The predicted molar refractivity (Wildman–Crippen MR) is 66.1 cm³/mol. The van der Waals surface area contributed by atoms with Gasteiger partial charge in [0.1, 0.15) is 10.7 Å². The lowest BCUT2D eigenvalue weighted by Gasteiger charge is -2.09. The second-order valence-corrected chi connectivity index (χ2v) is 5.07. The molecule has 0 bridgehead atoms. The fraction of sp³-hybridized carbons (Fsp3) is 0.231. The molecule has 3 heteroatoms. The Hall–Kier alpha value is -1.48. The SMILES string of the molecule is Cc1csc(C2=c3cc(C)c(C)cc3=N2)n1. The summed E-state index contributed by atoms with van der Waals surface area (Å²) in [6.45, 7) is 6.27. The van der Waals surface area contributed by atoms with Gasteiger partial charge in [0.05, 0.1) is 5.36 Å². The fourth-order valence-electron chi connectivity index (χ4n) is 1.84. The first kappa shape index (κ1) is 9.73. The highest BCUT2D eigenvalue weighted by Gasteiger charge is 2.14. The summed E-state index contributed by atoms with van der Waals surface area (Å²) in [7, 11) is 0. The highest BCUT2D eigenvalue weighted by atomic mass is 32.1. The van der Waals surface area contributed by atoms with E-state index in [1.807, 2.05) is 6.92 Å². The number of thiazole rings is 1. The van der Waals surface area contributed by atoms with E-state index in [2.05, 4.69) is 41.3 Å². The van der Waals surface area contributed by atoms with Gasteiger partial charge in [0.15, 0.2) is 0 Å². The second-order valence-electron chi connectivity index (χ2n) is 4.21. The van der Waals surface area contributed by atoms with E-state index in [1.165, 1.54) is 16.3 Å². The average molecular weight is 228 g/mol. The van der Waals surface area contributed by atoms with E-state index in [4.69, 9.17) is 0 Å². The molecule has 1 aliphatic rings. The third-order valence-electron chi connectivity index (χ3n) is 2.92. The van der Waals surface area contributed by atoms with Crippen LogP contribution in [0.4, 0.5) is 0 Å². The van der Waals surface area contributed by atoms with Gasteiger partial charge in [-0.25, -0.2) is 9.98 Å². The van der Waals surface area contributed by atoms with Gasteiger partial charge in [-0.15, -0.1) is 11.3 Å². The van der Waals surface area contributed by atoms with Crippen molar-refractivity contribution in [3.8, 4) is 0 Å². The molecule has 3 rings (SSSR count).